The lowest BCUT2D eigenvalue weighted by Crippen LogP contribution is -2.49. The molecule has 0 spiro atoms. The first-order valence-electron chi connectivity index (χ1n) is 8.16. The highest BCUT2D eigenvalue weighted by molar-refractivity contribution is 9.10. The van der Waals surface area contributed by atoms with Gasteiger partial charge in [-0.25, -0.2) is 13.1 Å². The summed E-state index contributed by atoms with van der Waals surface area (Å²) in [6.07, 6.45) is 4.38. The number of halogens is 1. The van der Waals surface area contributed by atoms with Gasteiger partial charge in [0.1, 0.15) is 0 Å². The van der Waals surface area contributed by atoms with E-state index in [1.54, 1.807) is 18.2 Å². The summed E-state index contributed by atoms with van der Waals surface area (Å²) >= 11 is 3.31. The predicted molar refractivity (Wildman–Crippen MR) is 92.7 cm³/mol. The van der Waals surface area contributed by atoms with Crippen molar-refractivity contribution >= 4 is 26.0 Å². The predicted octanol–water partition coefficient (Wildman–Crippen LogP) is 2.11. The third-order valence-corrected chi connectivity index (χ3v) is 6.88. The number of aliphatic hydroxyl groups is 1. The molecule has 1 saturated heterocycles. The van der Waals surface area contributed by atoms with Crippen LogP contribution in [0.15, 0.2) is 33.6 Å². The first-order chi connectivity index (χ1) is 11.0. The SMILES string of the molecule is O=S(=O)(NC1CCN([C@@H]2CCC[C@H]2O)CC1)c1cccc(Br)c1. The molecule has 5 nitrogen and oxygen atoms in total. The van der Waals surface area contributed by atoms with Gasteiger partial charge in [0.05, 0.1) is 11.0 Å². The van der Waals surface area contributed by atoms with E-state index >= 15 is 0 Å². The van der Waals surface area contributed by atoms with Gasteiger partial charge in [-0.3, -0.25) is 4.90 Å². The molecule has 7 heteroatoms. The summed E-state index contributed by atoms with van der Waals surface area (Å²) in [7, 11) is -3.48. The Labute approximate surface area is 146 Å². The van der Waals surface area contributed by atoms with Crippen LogP contribution in [0.3, 0.4) is 0 Å². The van der Waals surface area contributed by atoms with Crippen LogP contribution in [-0.4, -0.2) is 49.7 Å². The molecule has 1 heterocycles. The quantitative estimate of drug-likeness (QED) is 0.808. The molecule has 2 aliphatic rings. The average Bonchev–Trinajstić information content (AvgIpc) is 2.94. The van der Waals surface area contributed by atoms with Crippen molar-refractivity contribution < 1.29 is 13.5 Å². The maximum Gasteiger partial charge on any atom is 0.240 e. The second kappa shape index (κ2) is 7.19. The molecule has 0 aromatic heterocycles. The number of rotatable bonds is 4. The Morgan fingerprint density at radius 2 is 1.91 bits per heavy atom. The van der Waals surface area contributed by atoms with Crippen LogP contribution >= 0.6 is 15.9 Å². The molecule has 3 rings (SSSR count). The normalized spacial score (nSPS) is 27.4. The first kappa shape index (κ1) is 17.4. The van der Waals surface area contributed by atoms with E-state index in [0.717, 1.165) is 49.7 Å². The smallest absolute Gasteiger partial charge is 0.240 e. The van der Waals surface area contributed by atoms with Crippen molar-refractivity contribution in [1.82, 2.24) is 9.62 Å². The highest BCUT2D eigenvalue weighted by atomic mass is 79.9. The third kappa shape index (κ3) is 4.14. The second-order valence-corrected chi connectivity index (χ2v) is 9.08. The summed E-state index contributed by atoms with van der Waals surface area (Å²) in [5, 5.41) is 10.0. The fourth-order valence-corrected chi connectivity index (χ4v) is 5.52. The topological polar surface area (TPSA) is 69.6 Å². The Morgan fingerprint density at radius 3 is 2.52 bits per heavy atom. The molecule has 0 unspecified atom stereocenters. The van der Waals surface area contributed by atoms with Crippen molar-refractivity contribution in [3.05, 3.63) is 28.7 Å². The van der Waals surface area contributed by atoms with Gasteiger partial charge < -0.3 is 5.11 Å². The number of likely N-dealkylation sites (tertiary alicyclic amines) is 1. The fraction of sp³-hybridized carbons (Fsp3) is 0.625. The van der Waals surface area contributed by atoms with Gasteiger partial charge in [0.2, 0.25) is 10.0 Å². The van der Waals surface area contributed by atoms with E-state index in [4.69, 9.17) is 0 Å². The molecule has 0 radical (unpaired) electrons. The lowest BCUT2D eigenvalue weighted by atomic mass is 10.0. The summed E-state index contributed by atoms with van der Waals surface area (Å²) in [6.45, 7) is 1.68. The highest BCUT2D eigenvalue weighted by Gasteiger charge is 2.33. The van der Waals surface area contributed by atoms with Crippen LogP contribution in [0, 0.1) is 0 Å². The van der Waals surface area contributed by atoms with Crippen LogP contribution in [0.2, 0.25) is 0 Å². The van der Waals surface area contributed by atoms with Gasteiger partial charge in [0, 0.05) is 29.6 Å². The van der Waals surface area contributed by atoms with Gasteiger partial charge in [-0.05, 0) is 50.3 Å². The van der Waals surface area contributed by atoms with E-state index in [1.165, 1.54) is 0 Å². The van der Waals surface area contributed by atoms with E-state index in [1.807, 2.05) is 6.07 Å². The number of benzene rings is 1. The number of nitrogens with one attached hydrogen (secondary N) is 1. The first-order valence-corrected chi connectivity index (χ1v) is 10.4. The molecule has 2 atom stereocenters. The van der Waals surface area contributed by atoms with Gasteiger partial charge in [-0.2, -0.15) is 0 Å². The van der Waals surface area contributed by atoms with E-state index in [0.29, 0.717) is 4.90 Å². The maximum atomic E-state index is 12.5. The molecule has 0 amide bonds. The van der Waals surface area contributed by atoms with Crippen LogP contribution in [-0.2, 0) is 10.0 Å². The van der Waals surface area contributed by atoms with Gasteiger partial charge >= 0.3 is 0 Å². The van der Waals surface area contributed by atoms with Crippen molar-refractivity contribution in [2.45, 2.75) is 55.2 Å². The summed E-state index contributed by atoms with van der Waals surface area (Å²) in [4.78, 5) is 2.61. The van der Waals surface area contributed by atoms with E-state index < -0.39 is 10.0 Å². The standard InChI is InChI=1S/C16H23BrN2O3S/c17-12-3-1-4-14(11-12)23(21,22)18-13-7-9-19(10-8-13)15-5-2-6-16(15)20/h1,3-4,11,13,15-16,18,20H,2,5-10H2/t15-,16-/m1/s1. The van der Waals surface area contributed by atoms with Gasteiger partial charge in [-0.1, -0.05) is 22.0 Å². The number of piperidine rings is 1. The average molecular weight is 403 g/mol. The van der Waals surface area contributed by atoms with Crippen molar-refractivity contribution in [2.24, 2.45) is 0 Å². The van der Waals surface area contributed by atoms with Crippen LogP contribution < -0.4 is 4.72 Å². The zero-order chi connectivity index (χ0) is 16.4. The largest absolute Gasteiger partial charge is 0.391 e. The number of hydrogen-bond acceptors (Lipinski definition) is 4. The number of sulfonamides is 1. The van der Waals surface area contributed by atoms with E-state index in [2.05, 4.69) is 25.6 Å². The Hall–Kier alpha value is -0.470. The van der Waals surface area contributed by atoms with E-state index in [-0.39, 0.29) is 18.2 Å². The summed E-state index contributed by atoms with van der Waals surface area (Å²) in [6, 6.07) is 6.99. The second-order valence-electron chi connectivity index (χ2n) is 6.45. The molecule has 1 saturated carbocycles. The van der Waals surface area contributed by atoms with Crippen molar-refractivity contribution in [3.63, 3.8) is 0 Å². The van der Waals surface area contributed by atoms with Gasteiger partial charge in [0.25, 0.3) is 0 Å². The van der Waals surface area contributed by atoms with Gasteiger partial charge in [0.15, 0.2) is 0 Å². The monoisotopic (exact) mass is 402 g/mol. The minimum Gasteiger partial charge on any atom is -0.391 e. The molecule has 1 aromatic rings. The lowest BCUT2D eigenvalue weighted by molar-refractivity contribution is 0.0545. The Balaban J connectivity index is 1.58. The summed E-state index contributed by atoms with van der Waals surface area (Å²) in [5.41, 5.74) is 0. The fourth-order valence-electron chi connectivity index (χ4n) is 3.62. The van der Waals surface area contributed by atoms with Crippen LogP contribution in [0.4, 0.5) is 0 Å². The van der Waals surface area contributed by atoms with Crippen LogP contribution in [0.25, 0.3) is 0 Å². The van der Waals surface area contributed by atoms with E-state index in [9.17, 15) is 13.5 Å². The molecule has 1 aliphatic heterocycles. The molecular formula is C16H23BrN2O3S. The lowest BCUT2D eigenvalue weighted by Gasteiger charge is -2.37. The molecule has 2 fully saturated rings. The number of hydrogen-bond donors (Lipinski definition) is 2. The number of nitrogens with zero attached hydrogens (tertiary/aromatic N) is 1. The van der Waals surface area contributed by atoms with Crippen LogP contribution in [0.5, 0.6) is 0 Å². The van der Waals surface area contributed by atoms with Crippen molar-refractivity contribution in [3.8, 4) is 0 Å². The third-order valence-electron chi connectivity index (χ3n) is 4.87. The zero-order valence-electron chi connectivity index (χ0n) is 13.0. The van der Waals surface area contributed by atoms with Crippen LogP contribution in [0.1, 0.15) is 32.1 Å². The van der Waals surface area contributed by atoms with Crippen molar-refractivity contribution in [1.29, 1.82) is 0 Å². The molecular weight excluding hydrogens is 380 g/mol. The molecule has 1 aromatic carbocycles. The minimum absolute atomic E-state index is 0.0335. The molecule has 128 valence electrons. The minimum atomic E-state index is -3.48. The molecule has 0 bridgehead atoms. The van der Waals surface area contributed by atoms with Crippen molar-refractivity contribution in [2.75, 3.05) is 13.1 Å². The maximum absolute atomic E-state index is 12.5. The Morgan fingerprint density at radius 1 is 1.17 bits per heavy atom. The Bertz CT molecular complexity index is 644. The number of aliphatic hydroxyl groups excluding tert-OH is 1. The summed E-state index contributed by atoms with van der Waals surface area (Å²) in [5.74, 6) is 0. The zero-order valence-corrected chi connectivity index (χ0v) is 15.4. The Kier molecular flexibility index (Phi) is 5.42. The highest BCUT2D eigenvalue weighted by Crippen LogP contribution is 2.27. The van der Waals surface area contributed by atoms with Gasteiger partial charge in [-0.15, -0.1) is 0 Å². The molecule has 2 N–H and O–H groups in total. The molecule has 1 aliphatic carbocycles. The summed E-state index contributed by atoms with van der Waals surface area (Å²) < 4.78 is 28.5. The molecule has 23 heavy (non-hydrogen) atoms.